The molecule has 2 aliphatic heterocycles. The van der Waals surface area contributed by atoms with Crippen molar-refractivity contribution in [2.45, 2.75) is 32.1 Å². The van der Waals surface area contributed by atoms with Crippen molar-refractivity contribution in [3.8, 4) is 0 Å². The van der Waals surface area contributed by atoms with Gasteiger partial charge in [-0.2, -0.15) is 0 Å². The Morgan fingerprint density at radius 1 is 0.893 bits per heavy atom. The van der Waals surface area contributed by atoms with Gasteiger partial charge in [0.05, 0.1) is 0 Å². The highest BCUT2D eigenvalue weighted by Crippen LogP contribution is 2.28. The summed E-state index contributed by atoms with van der Waals surface area (Å²) in [4.78, 5) is 17.5. The number of anilines is 1. The van der Waals surface area contributed by atoms with E-state index in [1.165, 1.54) is 11.3 Å². The molecular weight excluding hydrogens is 368 g/mol. The predicted molar refractivity (Wildman–Crippen MR) is 116 cm³/mol. The fraction of sp³-hybridized carbons (Fsp3) is 0.458. The Morgan fingerprint density at radius 3 is 2.29 bits per heavy atom. The molecule has 0 saturated carbocycles. The maximum Gasteiger partial charge on any atom is 0.225 e. The van der Waals surface area contributed by atoms with Crippen LogP contribution in [-0.2, 0) is 11.2 Å². The predicted octanol–water partition coefficient (Wildman–Crippen LogP) is 5.04. The smallest absolute Gasteiger partial charge is 0.225 e. The summed E-state index contributed by atoms with van der Waals surface area (Å²) in [7, 11) is 0. The van der Waals surface area contributed by atoms with Crippen LogP contribution >= 0.6 is 11.6 Å². The summed E-state index contributed by atoms with van der Waals surface area (Å²) in [5.41, 5.74) is 2.58. The van der Waals surface area contributed by atoms with Gasteiger partial charge in [0.15, 0.2) is 0 Å². The third-order valence-electron chi connectivity index (χ3n) is 6.31. The summed E-state index contributed by atoms with van der Waals surface area (Å²) in [6.07, 6.45) is 5.27. The first kappa shape index (κ1) is 19.3. The minimum atomic E-state index is 0.182. The van der Waals surface area contributed by atoms with Crippen molar-refractivity contribution < 1.29 is 4.79 Å². The maximum absolute atomic E-state index is 13.0. The fourth-order valence-corrected chi connectivity index (χ4v) is 4.81. The monoisotopic (exact) mass is 396 g/mol. The van der Waals surface area contributed by atoms with E-state index in [-0.39, 0.29) is 5.92 Å². The van der Waals surface area contributed by atoms with Crippen molar-refractivity contribution in [1.29, 1.82) is 0 Å². The van der Waals surface area contributed by atoms with Crippen LogP contribution in [0.4, 0.5) is 5.69 Å². The van der Waals surface area contributed by atoms with Gasteiger partial charge in [0.2, 0.25) is 5.91 Å². The van der Waals surface area contributed by atoms with Crippen molar-refractivity contribution in [3.63, 3.8) is 0 Å². The number of benzene rings is 2. The summed E-state index contributed by atoms with van der Waals surface area (Å²) in [6, 6.07) is 18.7. The molecule has 2 aliphatic rings. The molecule has 2 aromatic carbocycles. The van der Waals surface area contributed by atoms with Gasteiger partial charge < -0.3 is 9.80 Å². The zero-order valence-electron chi connectivity index (χ0n) is 16.4. The Morgan fingerprint density at radius 2 is 1.61 bits per heavy atom. The lowest BCUT2D eigenvalue weighted by atomic mass is 9.88. The molecule has 2 heterocycles. The van der Waals surface area contributed by atoms with Crippen LogP contribution < -0.4 is 4.90 Å². The Labute approximate surface area is 173 Å². The average molecular weight is 397 g/mol. The topological polar surface area (TPSA) is 23.6 Å². The lowest BCUT2D eigenvalue weighted by molar-refractivity contribution is -0.137. The van der Waals surface area contributed by atoms with E-state index in [0.717, 1.165) is 63.3 Å². The lowest BCUT2D eigenvalue weighted by Gasteiger charge is -2.38. The molecule has 0 atom stereocenters. The van der Waals surface area contributed by atoms with Crippen LogP contribution in [0.25, 0.3) is 0 Å². The quantitative estimate of drug-likeness (QED) is 0.722. The van der Waals surface area contributed by atoms with Gasteiger partial charge in [-0.1, -0.05) is 48.0 Å². The molecule has 0 spiro atoms. The van der Waals surface area contributed by atoms with Gasteiger partial charge in [0, 0.05) is 42.8 Å². The average Bonchev–Trinajstić information content (AvgIpc) is 2.75. The number of hydrogen-bond acceptors (Lipinski definition) is 2. The Balaban J connectivity index is 1.25. The molecule has 2 aromatic rings. The molecule has 0 aromatic heterocycles. The Kier molecular flexibility index (Phi) is 6.21. The molecule has 3 nitrogen and oxygen atoms in total. The molecule has 4 heteroatoms. The summed E-state index contributed by atoms with van der Waals surface area (Å²) in [5, 5.41) is 0.772. The molecule has 4 rings (SSSR count). The third-order valence-corrected chi connectivity index (χ3v) is 6.55. The number of amides is 1. The van der Waals surface area contributed by atoms with Gasteiger partial charge in [-0.05, 0) is 61.8 Å². The maximum atomic E-state index is 13.0. The van der Waals surface area contributed by atoms with Crippen LogP contribution in [0.15, 0.2) is 54.6 Å². The number of piperidine rings is 2. The number of nitrogens with zero attached hydrogens (tertiary/aromatic N) is 2. The van der Waals surface area contributed by atoms with Crippen LogP contribution in [-0.4, -0.2) is 37.0 Å². The third kappa shape index (κ3) is 4.70. The molecule has 2 fully saturated rings. The van der Waals surface area contributed by atoms with Gasteiger partial charge in [-0.3, -0.25) is 4.79 Å². The normalized spacial score (nSPS) is 19.0. The molecule has 0 bridgehead atoms. The summed E-state index contributed by atoms with van der Waals surface area (Å²) >= 11 is 6.12. The number of carbonyl (C=O) groups excluding carboxylic acids is 1. The first-order chi connectivity index (χ1) is 13.7. The van der Waals surface area contributed by atoms with Crippen LogP contribution in [0.5, 0.6) is 0 Å². The van der Waals surface area contributed by atoms with Gasteiger partial charge in [-0.25, -0.2) is 0 Å². The van der Waals surface area contributed by atoms with Crippen molar-refractivity contribution in [1.82, 2.24) is 4.90 Å². The molecule has 28 heavy (non-hydrogen) atoms. The van der Waals surface area contributed by atoms with Crippen LogP contribution in [0.3, 0.4) is 0 Å². The first-order valence-electron chi connectivity index (χ1n) is 10.5. The van der Waals surface area contributed by atoms with E-state index in [4.69, 9.17) is 11.6 Å². The second-order valence-corrected chi connectivity index (χ2v) is 8.64. The zero-order valence-corrected chi connectivity index (χ0v) is 17.2. The van der Waals surface area contributed by atoms with Crippen molar-refractivity contribution in [3.05, 3.63) is 65.2 Å². The van der Waals surface area contributed by atoms with Crippen LogP contribution in [0, 0.1) is 11.8 Å². The number of likely N-dealkylation sites (tertiary alicyclic amines) is 1. The van der Waals surface area contributed by atoms with Crippen LogP contribution in [0.1, 0.15) is 31.2 Å². The molecule has 0 N–H and O–H groups in total. The minimum Gasteiger partial charge on any atom is -0.371 e. The molecule has 0 unspecified atom stereocenters. The van der Waals surface area contributed by atoms with E-state index in [1.54, 1.807) is 0 Å². The number of hydrogen-bond donors (Lipinski definition) is 0. The number of halogens is 1. The SMILES string of the molecule is O=C(C1CCN(c2cccc(Cl)c2)CC1)N1CCC(Cc2ccccc2)CC1. The Hall–Kier alpha value is -2.00. The second kappa shape index (κ2) is 9.00. The van der Waals surface area contributed by atoms with E-state index in [1.807, 2.05) is 18.2 Å². The number of carbonyl (C=O) groups is 1. The minimum absolute atomic E-state index is 0.182. The second-order valence-electron chi connectivity index (χ2n) is 8.20. The molecule has 0 aliphatic carbocycles. The summed E-state index contributed by atoms with van der Waals surface area (Å²) in [5.74, 6) is 1.26. The molecule has 148 valence electrons. The Bertz CT molecular complexity index is 778. The summed E-state index contributed by atoms with van der Waals surface area (Å²) in [6.45, 7) is 3.71. The molecular formula is C24H29ClN2O. The highest BCUT2D eigenvalue weighted by molar-refractivity contribution is 6.30. The molecule has 1 amide bonds. The first-order valence-corrected chi connectivity index (χ1v) is 10.9. The zero-order chi connectivity index (χ0) is 19.3. The van der Waals surface area contributed by atoms with Crippen molar-refractivity contribution >= 4 is 23.2 Å². The highest BCUT2D eigenvalue weighted by atomic mass is 35.5. The molecule has 0 radical (unpaired) electrons. The van der Waals surface area contributed by atoms with Gasteiger partial charge in [-0.15, -0.1) is 0 Å². The largest absolute Gasteiger partial charge is 0.371 e. The van der Waals surface area contributed by atoms with Crippen LogP contribution in [0.2, 0.25) is 5.02 Å². The van der Waals surface area contributed by atoms with Gasteiger partial charge >= 0.3 is 0 Å². The summed E-state index contributed by atoms with van der Waals surface area (Å²) < 4.78 is 0. The van der Waals surface area contributed by atoms with Crippen molar-refractivity contribution in [2.24, 2.45) is 11.8 Å². The van der Waals surface area contributed by atoms with E-state index >= 15 is 0 Å². The van der Waals surface area contributed by atoms with E-state index in [0.29, 0.717) is 11.8 Å². The molecule has 2 saturated heterocycles. The number of rotatable bonds is 4. The van der Waals surface area contributed by atoms with Gasteiger partial charge in [0.25, 0.3) is 0 Å². The van der Waals surface area contributed by atoms with Gasteiger partial charge in [0.1, 0.15) is 0 Å². The lowest BCUT2D eigenvalue weighted by Crippen LogP contribution is -2.45. The van der Waals surface area contributed by atoms with E-state index in [9.17, 15) is 4.79 Å². The standard InChI is InChI=1S/C24H29ClN2O/c25-22-7-4-8-23(18-22)26-15-11-21(12-16-26)24(28)27-13-9-20(10-14-27)17-19-5-2-1-3-6-19/h1-8,18,20-21H,9-17H2. The highest BCUT2D eigenvalue weighted by Gasteiger charge is 2.31. The van der Waals surface area contributed by atoms with E-state index < -0.39 is 0 Å². The van der Waals surface area contributed by atoms with E-state index in [2.05, 4.69) is 46.2 Å². The van der Waals surface area contributed by atoms with Crippen molar-refractivity contribution in [2.75, 3.05) is 31.1 Å². The fourth-order valence-electron chi connectivity index (χ4n) is 4.62.